The molecule has 9 nitrogen and oxygen atoms in total. The van der Waals surface area contributed by atoms with E-state index in [1.54, 1.807) is 33.8 Å². The van der Waals surface area contributed by atoms with Gasteiger partial charge < -0.3 is 25.3 Å². The van der Waals surface area contributed by atoms with Gasteiger partial charge in [0, 0.05) is 22.9 Å². The van der Waals surface area contributed by atoms with Gasteiger partial charge in [0.2, 0.25) is 11.8 Å². The molecule has 4 N–H and O–H groups in total. The summed E-state index contributed by atoms with van der Waals surface area (Å²) in [5.74, 6) is -2.49. The number of carbonyl (C=O) groups excluding carboxylic acids is 2. The first-order valence-electron chi connectivity index (χ1n) is 9.56. The number of carbonyl (C=O) groups is 3. The van der Waals surface area contributed by atoms with E-state index >= 15 is 0 Å². The fourth-order valence-electron chi connectivity index (χ4n) is 3.11. The highest BCUT2D eigenvalue weighted by molar-refractivity contribution is 5.88. The molecule has 2 amide bonds. The summed E-state index contributed by atoms with van der Waals surface area (Å²) in [4.78, 5) is 47.4. The Hall–Kier alpha value is -3.36. The van der Waals surface area contributed by atoms with Crippen molar-refractivity contribution in [2.45, 2.75) is 46.6 Å². The predicted octanol–water partition coefficient (Wildman–Crippen LogP) is 1.39. The molecule has 0 spiro atoms. The van der Waals surface area contributed by atoms with E-state index in [-0.39, 0.29) is 31.1 Å². The molecular formula is C21H26N2O7. The number of phenols is 1. The number of rotatable bonds is 8. The minimum absolute atomic E-state index is 0.0260. The summed E-state index contributed by atoms with van der Waals surface area (Å²) in [6.07, 6.45) is 0.0647. The zero-order chi connectivity index (χ0) is 22.6. The van der Waals surface area contributed by atoms with Gasteiger partial charge in [-0.15, -0.1) is 0 Å². The smallest absolute Gasteiger partial charge is 0.339 e. The Kier molecular flexibility index (Phi) is 7.20. The highest BCUT2D eigenvalue weighted by Gasteiger charge is 2.23. The predicted molar refractivity (Wildman–Crippen MR) is 109 cm³/mol. The average molecular weight is 418 g/mol. The summed E-state index contributed by atoms with van der Waals surface area (Å²) in [6.45, 7) is 6.36. The van der Waals surface area contributed by atoms with E-state index < -0.39 is 29.5 Å². The molecule has 0 saturated carbocycles. The third-order valence-corrected chi connectivity index (χ3v) is 4.97. The molecule has 0 unspecified atom stereocenters. The summed E-state index contributed by atoms with van der Waals surface area (Å²) in [7, 11) is 0. The molecule has 162 valence electrons. The first-order chi connectivity index (χ1) is 14.0. The van der Waals surface area contributed by atoms with Crippen molar-refractivity contribution in [2.75, 3.05) is 6.54 Å². The lowest BCUT2D eigenvalue weighted by atomic mass is 10.0. The highest BCUT2D eigenvalue weighted by atomic mass is 16.4. The van der Waals surface area contributed by atoms with Crippen LogP contribution in [0.4, 0.5) is 0 Å². The zero-order valence-electron chi connectivity index (χ0n) is 17.4. The number of nitrogens with one attached hydrogen (secondary N) is 2. The maximum absolute atomic E-state index is 12.3. The Morgan fingerprint density at radius 1 is 1.10 bits per heavy atom. The van der Waals surface area contributed by atoms with Crippen LogP contribution >= 0.6 is 0 Å². The molecule has 1 aromatic carbocycles. The van der Waals surface area contributed by atoms with Crippen molar-refractivity contribution in [3.8, 4) is 5.75 Å². The van der Waals surface area contributed by atoms with Crippen molar-refractivity contribution in [3.63, 3.8) is 0 Å². The van der Waals surface area contributed by atoms with Gasteiger partial charge in [0.1, 0.15) is 17.4 Å². The molecular weight excluding hydrogens is 392 g/mol. The maximum atomic E-state index is 12.3. The number of aromatic hydroxyl groups is 1. The number of benzene rings is 1. The summed E-state index contributed by atoms with van der Waals surface area (Å²) < 4.78 is 5.34. The van der Waals surface area contributed by atoms with Crippen molar-refractivity contribution in [3.05, 3.63) is 39.2 Å². The van der Waals surface area contributed by atoms with Crippen molar-refractivity contribution >= 4 is 28.8 Å². The molecule has 9 heteroatoms. The Balaban J connectivity index is 2.00. The second-order valence-electron chi connectivity index (χ2n) is 7.48. The summed E-state index contributed by atoms with van der Waals surface area (Å²) in [5, 5.41) is 24.3. The van der Waals surface area contributed by atoms with E-state index in [0.29, 0.717) is 27.7 Å². The topological polar surface area (TPSA) is 146 Å². The number of phenolic OH excluding ortho intramolecular Hbond substituents is 1. The lowest BCUT2D eigenvalue weighted by Crippen LogP contribution is -2.48. The average Bonchev–Trinajstić information content (AvgIpc) is 2.67. The molecule has 0 bridgehead atoms. The monoisotopic (exact) mass is 418 g/mol. The van der Waals surface area contributed by atoms with Crippen LogP contribution in [0.5, 0.6) is 5.75 Å². The second kappa shape index (κ2) is 9.43. The Morgan fingerprint density at radius 2 is 1.77 bits per heavy atom. The van der Waals surface area contributed by atoms with Gasteiger partial charge in [0.25, 0.3) is 0 Å². The molecule has 0 saturated heterocycles. The van der Waals surface area contributed by atoms with Crippen LogP contribution in [0.2, 0.25) is 0 Å². The number of aliphatic carboxylic acids is 1. The van der Waals surface area contributed by atoms with Crippen LogP contribution in [-0.4, -0.2) is 40.6 Å². The van der Waals surface area contributed by atoms with Crippen LogP contribution in [0.15, 0.2) is 21.3 Å². The van der Waals surface area contributed by atoms with Crippen LogP contribution in [0, 0.1) is 19.8 Å². The van der Waals surface area contributed by atoms with Gasteiger partial charge in [-0.3, -0.25) is 9.59 Å². The molecule has 0 aliphatic heterocycles. The van der Waals surface area contributed by atoms with Crippen LogP contribution in [0.3, 0.4) is 0 Å². The molecule has 30 heavy (non-hydrogen) atoms. The third-order valence-electron chi connectivity index (χ3n) is 4.97. The minimum atomic E-state index is -1.15. The third kappa shape index (κ3) is 5.16. The van der Waals surface area contributed by atoms with Gasteiger partial charge in [-0.1, -0.05) is 13.8 Å². The fourth-order valence-corrected chi connectivity index (χ4v) is 3.11. The molecule has 0 radical (unpaired) electrons. The number of carboxylic acid groups (broad SMARTS) is 1. The molecule has 1 atom stereocenters. The van der Waals surface area contributed by atoms with Gasteiger partial charge in [-0.25, -0.2) is 9.59 Å². The molecule has 0 aliphatic rings. The van der Waals surface area contributed by atoms with Crippen molar-refractivity contribution < 1.29 is 29.0 Å². The van der Waals surface area contributed by atoms with Gasteiger partial charge in [0.15, 0.2) is 0 Å². The van der Waals surface area contributed by atoms with Crippen molar-refractivity contribution in [1.29, 1.82) is 0 Å². The number of carboxylic acids is 1. The number of hydrogen-bond acceptors (Lipinski definition) is 6. The van der Waals surface area contributed by atoms with E-state index in [2.05, 4.69) is 10.6 Å². The summed E-state index contributed by atoms with van der Waals surface area (Å²) in [5.41, 5.74) is 1.19. The molecule has 2 aromatic rings. The fraction of sp³-hybridized carbons (Fsp3) is 0.429. The Labute approximate surface area is 173 Å². The maximum Gasteiger partial charge on any atom is 0.339 e. The summed E-state index contributed by atoms with van der Waals surface area (Å²) >= 11 is 0. The van der Waals surface area contributed by atoms with E-state index in [1.165, 1.54) is 6.07 Å². The molecule has 0 fully saturated rings. The minimum Gasteiger partial charge on any atom is -0.508 e. The van der Waals surface area contributed by atoms with E-state index in [0.717, 1.165) is 0 Å². The lowest BCUT2D eigenvalue weighted by Gasteiger charge is -2.18. The first kappa shape index (κ1) is 22.9. The quantitative estimate of drug-likeness (QED) is 0.474. The van der Waals surface area contributed by atoms with Crippen LogP contribution in [0.1, 0.15) is 37.0 Å². The molecule has 2 rings (SSSR count). The standard InChI is InChI=1S/C21H26N2O7/c1-10(2)18(20(27)28)23-17(26)9-22-16(25)8-6-14-11(3)13-5-7-15(24)12(4)19(13)30-21(14)29/h5,7,10,18,24H,6,8-9H2,1-4H3,(H,22,25)(H,23,26)(H,27,28)/t18-/m1/s1. The summed E-state index contributed by atoms with van der Waals surface area (Å²) in [6, 6.07) is 2.13. The van der Waals surface area contributed by atoms with Crippen LogP contribution < -0.4 is 16.3 Å². The number of fused-ring (bicyclic) bond motifs is 1. The molecule has 1 aromatic heterocycles. The largest absolute Gasteiger partial charge is 0.508 e. The molecule has 1 heterocycles. The lowest BCUT2D eigenvalue weighted by molar-refractivity contribution is -0.143. The van der Waals surface area contributed by atoms with Gasteiger partial charge in [-0.2, -0.15) is 0 Å². The SMILES string of the molecule is Cc1c(CCC(=O)NCC(=O)N[C@@H](C(=O)O)C(C)C)c(=O)oc2c(C)c(O)ccc12. The van der Waals surface area contributed by atoms with E-state index in [4.69, 9.17) is 9.52 Å². The van der Waals surface area contributed by atoms with Gasteiger partial charge in [-0.05, 0) is 43.9 Å². The van der Waals surface area contributed by atoms with Crippen molar-refractivity contribution in [1.82, 2.24) is 10.6 Å². The van der Waals surface area contributed by atoms with E-state index in [9.17, 15) is 24.3 Å². The number of amides is 2. The Morgan fingerprint density at radius 3 is 2.37 bits per heavy atom. The normalized spacial score (nSPS) is 12.0. The highest BCUT2D eigenvalue weighted by Crippen LogP contribution is 2.28. The van der Waals surface area contributed by atoms with E-state index in [1.807, 2.05) is 0 Å². The van der Waals surface area contributed by atoms with Crippen LogP contribution in [0.25, 0.3) is 11.0 Å². The number of hydrogen-bond donors (Lipinski definition) is 4. The van der Waals surface area contributed by atoms with Gasteiger partial charge in [0.05, 0.1) is 6.54 Å². The second-order valence-corrected chi connectivity index (χ2v) is 7.48. The zero-order valence-corrected chi connectivity index (χ0v) is 17.4. The Bertz CT molecular complexity index is 1040. The van der Waals surface area contributed by atoms with Crippen LogP contribution in [-0.2, 0) is 20.8 Å². The van der Waals surface area contributed by atoms with Gasteiger partial charge >= 0.3 is 11.6 Å². The number of aryl methyl sites for hydroxylation is 2. The molecule has 0 aliphatic carbocycles. The first-order valence-corrected chi connectivity index (χ1v) is 9.56. The van der Waals surface area contributed by atoms with Crippen molar-refractivity contribution in [2.24, 2.45) is 5.92 Å².